The SMILES string of the molecule is CCON(c1cccc(NC(=O)C2CC2)c1)c1ncc2ncccc2n1. The molecule has 2 heterocycles. The molecule has 1 aliphatic rings. The second kappa shape index (κ2) is 7.05. The first-order chi connectivity index (χ1) is 12.7. The Morgan fingerprint density at radius 3 is 2.92 bits per heavy atom. The molecule has 1 aromatic carbocycles. The van der Waals surface area contributed by atoms with Gasteiger partial charge in [-0.3, -0.25) is 14.6 Å². The lowest BCUT2D eigenvalue weighted by molar-refractivity contribution is -0.117. The van der Waals surface area contributed by atoms with E-state index in [9.17, 15) is 4.79 Å². The first-order valence-electron chi connectivity index (χ1n) is 8.66. The number of amides is 1. The lowest BCUT2D eigenvalue weighted by Gasteiger charge is -2.21. The van der Waals surface area contributed by atoms with Crippen molar-refractivity contribution in [3.05, 3.63) is 48.8 Å². The average molecular weight is 349 g/mol. The molecule has 0 atom stereocenters. The summed E-state index contributed by atoms with van der Waals surface area (Å²) in [6.45, 7) is 2.35. The minimum Gasteiger partial charge on any atom is -0.326 e. The summed E-state index contributed by atoms with van der Waals surface area (Å²) in [6, 6.07) is 11.2. The minimum absolute atomic E-state index is 0.0677. The third-order valence-corrected chi connectivity index (χ3v) is 4.08. The quantitative estimate of drug-likeness (QED) is 0.687. The summed E-state index contributed by atoms with van der Waals surface area (Å²) in [5.41, 5.74) is 2.92. The first-order valence-corrected chi connectivity index (χ1v) is 8.66. The van der Waals surface area contributed by atoms with Gasteiger partial charge in [0, 0.05) is 17.8 Å². The van der Waals surface area contributed by atoms with Gasteiger partial charge in [-0.05, 0) is 50.1 Å². The lowest BCUT2D eigenvalue weighted by atomic mass is 10.2. The fourth-order valence-electron chi connectivity index (χ4n) is 2.63. The second-order valence-electron chi connectivity index (χ2n) is 6.10. The van der Waals surface area contributed by atoms with Gasteiger partial charge in [0.15, 0.2) is 0 Å². The summed E-state index contributed by atoms with van der Waals surface area (Å²) >= 11 is 0. The monoisotopic (exact) mass is 349 g/mol. The summed E-state index contributed by atoms with van der Waals surface area (Å²) in [7, 11) is 0. The van der Waals surface area contributed by atoms with Gasteiger partial charge in [0.2, 0.25) is 5.91 Å². The van der Waals surface area contributed by atoms with Gasteiger partial charge in [-0.2, -0.15) is 5.06 Å². The number of hydrogen-bond acceptors (Lipinski definition) is 6. The number of rotatable bonds is 6. The molecule has 3 aromatic rings. The van der Waals surface area contributed by atoms with Crippen molar-refractivity contribution in [3.63, 3.8) is 0 Å². The molecule has 1 N–H and O–H groups in total. The highest BCUT2D eigenvalue weighted by Gasteiger charge is 2.29. The largest absolute Gasteiger partial charge is 0.326 e. The topological polar surface area (TPSA) is 80.2 Å². The van der Waals surface area contributed by atoms with Crippen molar-refractivity contribution in [1.29, 1.82) is 0 Å². The average Bonchev–Trinajstić information content (AvgIpc) is 3.51. The van der Waals surface area contributed by atoms with Crippen LogP contribution in [0.1, 0.15) is 19.8 Å². The van der Waals surface area contributed by atoms with E-state index in [2.05, 4.69) is 20.3 Å². The molecule has 1 amide bonds. The third kappa shape index (κ3) is 3.48. The van der Waals surface area contributed by atoms with Crippen LogP contribution in [0.25, 0.3) is 11.0 Å². The van der Waals surface area contributed by atoms with E-state index in [1.54, 1.807) is 17.5 Å². The van der Waals surface area contributed by atoms with E-state index in [-0.39, 0.29) is 11.8 Å². The highest BCUT2D eigenvalue weighted by Crippen LogP contribution is 2.31. The van der Waals surface area contributed by atoms with E-state index >= 15 is 0 Å². The molecule has 1 aliphatic carbocycles. The Morgan fingerprint density at radius 2 is 2.12 bits per heavy atom. The number of benzene rings is 1. The summed E-state index contributed by atoms with van der Waals surface area (Å²) in [5, 5.41) is 4.52. The van der Waals surface area contributed by atoms with Crippen LogP contribution in [-0.4, -0.2) is 27.5 Å². The molecule has 0 radical (unpaired) electrons. The van der Waals surface area contributed by atoms with Crippen molar-refractivity contribution in [1.82, 2.24) is 15.0 Å². The van der Waals surface area contributed by atoms with Gasteiger partial charge < -0.3 is 5.32 Å². The van der Waals surface area contributed by atoms with Gasteiger partial charge in [0.05, 0.1) is 24.0 Å². The Labute approximate surface area is 151 Å². The number of pyridine rings is 1. The maximum Gasteiger partial charge on any atom is 0.255 e. The molecule has 1 saturated carbocycles. The predicted molar refractivity (Wildman–Crippen MR) is 98.9 cm³/mol. The highest BCUT2D eigenvalue weighted by atomic mass is 16.7. The number of anilines is 3. The molecular formula is C19H19N5O2. The number of hydrogen-bond donors (Lipinski definition) is 1. The number of nitrogens with zero attached hydrogens (tertiary/aromatic N) is 4. The third-order valence-electron chi connectivity index (χ3n) is 4.08. The Morgan fingerprint density at radius 1 is 1.23 bits per heavy atom. The molecule has 1 fully saturated rings. The van der Waals surface area contributed by atoms with Crippen molar-refractivity contribution in [2.24, 2.45) is 5.92 Å². The van der Waals surface area contributed by atoms with E-state index in [1.807, 2.05) is 43.3 Å². The fourth-order valence-corrected chi connectivity index (χ4v) is 2.63. The van der Waals surface area contributed by atoms with Crippen LogP contribution in [0.2, 0.25) is 0 Å². The zero-order chi connectivity index (χ0) is 17.9. The number of carbonyl (C=O) groups is 1. The van der Waals surface area contributed by atoms with Crippen molar-refractivity contribution in [3.8, 4) is 0 Å². The molecule has 0 spiro atoms. The smallest absolute Gasteiger partial charge is 0.255 e. The van der Waals surface area contributed by atoms with Gasteiger partial charge in [-0.25, -0.2) is 9.97 Å². The molecule has 0 saturated heterocycles. The molecular weight excluding hydrogens is 330 g/mol. The van der Waals surface area contributed by atoms with Gasteiger partial charge >= 0.3 is 0 Å². The summed E-state index contributed by atoms with van der Waals surface area (Å²) in [6.07, 6.45) is 5.31. The summed E-state index contributed by atoms with van der Waals surface area (Å²) < 4.78 is 0. The highest BCUT2D eigenvalue weighted by molar-refractivity contribution is 5.94. The Bertz CT molecular complexity index is 942. The van der Waals surface area contributed by atoms with Crippen LogP contribution in [0.15, 0.2) is 48.8 Å². The Hall–Kier alpha value is -3.06. The molecule has 0 aliphatic heterocycles. The van der Waals surface area contributed by atoms with Crippen molar-refractivity contribution in [2.45, 2.75) is 19.8 Å². The van der Waals surface area contributed by atoms with E-state index < -0.39 is 0 Å². The molecule has 0 bridgehead atoms. The first kappa shape index (κ1) is 16.4. The van der Waals surface area contributed by atoms with Crippen molar-refractivity contribution >= 4 is 34.3 Å². The zero-order valence-corrected chi connectivity index (χ0v) is 14.4. The van der Waals surface area contributed by atoms with Gasteiger partial charge in [-0.1, -0.05) is 6.07 Å². The van der Waals surface area contributed by atoms with Crippen LogP contribution in [0.5, 0.6) is 0 Å². The standard InChI is InChI=1S/C19H19N5O2/c1-2-26-24(19-21-12-17-16(23-19)7-4-10-20-17)15-6-3-5-14(11-15)22-18(25)13-8-9-13/h3-7,10-13H,2,8-9H2,1H3,(H,22,25). The molecule has 7 nitrogen and oxygen atoms in total. The Balaban J connectivity index is 1.65. The van der Waals surface area contributed by atoms with Gasteiger partial charge in [0.25, 0.3) is 5.95 Å². The fraction of sp³-hybridized carbons (Fsp3) is 0.263. The van der Waals surface area contributed by atoms with E-state index in [0.717, 1.165) is 35.2 Å². The molecule has 26 heavy (non-hydrogen) atoms. The molecule has 2 aromatic heterocycles. The van der Waals surface area contributed by atoms with Gasteiger partial charge in [-0.15, -0.1) is 0 Å². The maximum absolute atomic E-state index is 12.0. The van der Waals surface area contributed by atoms with Crippen LogP contribution in [-0.2, 0) is 9.63 Å². The van der Waals surface area contributed by atoms with Crippen LogP contribution in [0.4, 0.5) is 17.3 Å². The molecule has 7 heteroatoms. The van der Waals surface area contributed by atoms with Crippen LogP contribution in [0.3, 0.4) is 0 Å². The van der Waals surface area contributed by atoms with E-state index in [1.165, 1.54) is 0 Å². The number of carbonyl (C=O) groups excluding carboxylic acids is 1. The number of aromatic nitrogens is 3. The minimum atomic E-state index is 0.0677. The summed E-state index contributed by atoms with van der Waals surface area (Å²) in [5.74, 6) is 0.633. The van der Waals surface area contributed by atoms with E-state index in [4.69, 9.17) is 4.84 Å². The predicted octanol–water partition coefficient (Wildman–Crippen LogP) is 3.46. The van der Waals surface area contributed by atoms with Crippen molar-refractivity contribution in [2.75, 3.05) is 17.0 Å². The number of fused-ring (bicyclic) bond motifs is 1. The molecule has 0 unspecified atom stereocenters. The maximum atomic E-state index is 12.0. The lowest BCUT2D eigenvalue weighted by Crippen LogP contribution is -2.20. The normalized spacial score (nSPS) is 13.6. The van der Waals surface area contributed by atoms with Crippen LogP contribution in [0, 0.1) is 5.92 Å². The number of nitrogens with one attached hydrogen (secondary N) is 1. The van der Waals surface area contributed by atoms with Crippen LogP contribution >= 0.6 is 0 Å². The molecule has 132 valence electrons. The van der Waals surface area contributed by atoms with E-state index in [0.29, 0.717) is 12.6 Å². The van der Waals surface area contributed by atoms with Gasteiger partial charge in [0.1, 0.15) is 5.52 Å². The zero-order valence-electron chi connectivity index (χ0n) is 14.4. The molecule has 4 rings (SSSR count). The second-order valence-corrected chi connectivity index (χ2v) is 6.10. The van der Waals surface area contributed by atoms with Crippen molar-refractivity contribution < 1.29 is 9.63 Å². The Kier molecular flexibility index (Phi) is 4.45. The summed E-state index contributed by atoms with van der Waals surface area (Å²) in [4.78, 5) is 30.9. The van der Waals surface area contributed by atoms with Crippen LogP contribution < -0.4 is 10.4 Å².